The molecule has 128 valence electrons. The van der Waals surface area contributed by atoms with Gasteiger partial charge in [0.1, 0.15) is 0 Å². The van der Waals surface area contributed by atoms with Gasteiger partial charge in [-0.1, -0.05) is 12.1 Å². The maximum atomic E-state index is 12.5. The minimum absolute atomic E-state index is 0.270. The molecule has 24 heavy (non-hydrogen) atoms. The summed E-state index contributed by atoms with van der Waals surface area (Å²) in [5.41, 5.74) is 5.00. The molecule has 0 N–H and O–H groups in total. The molecule has 0 unspecified atom stereocenters. The number of rotatable bonds is 4. The molecule has 1 aliphatic rings. The molecule has 1 saturated heterocycles. The van der Waals surface area contributed by atoms with E-state index in [4.69, 9.17) is 0 Å². The van der Waals surface area contributed by atoms with Crippen molar-refractivity contribution < 1.29 is 4.79 Å². The molecule has 0 bridgehead atoms. The molecular formula is C20H27N3O. The van der Waals surface area contributed by atoms with Crippen LogP contribution in [0.3, 0.4) is 0 Å². The summed E-state index contributed by atoms with van der Waals surface area (Å²) < 4.78 is 2.22. The average Bonchev–Trinajstić information content (AvgIpc) is 2.91. The number of aromatic nitrogens is 1. The predicted molar refractivity (Wildman–Crippen MR) is 98.5 cm³/mol. The van der Waals surface area contributed by atoms with Gasteiger partial charge >= 0.3 is 0 Å². The summed E-state index contributed by atoms with van der Waals surface area (Å²) in [7, 11) is 0. The Balaban J connectivity index is 1.52. The minimum atomic E-state index is 0.270. The Labute approximate surface area is 144 Å². The van der Waals surface area contributed by atoms with Crippen LogP contribution in [0.15, 0.2) is 36.4 Å². The van der Waals surface area contributed by atoms with Crippen molar-refractivity contribution in [3.05, 3.63) is 53.3 Å². The van der Waals surface area contributed by atoms with Crippen molar-refractivity contribution >= 4 is 11.6 Å². The third kappa shape index (κ3) is 3.64. The first kappa shape index (κ1) is 16.6. The van der Waals surface area contributed by atoms with Gasteiger partial charge in [0.2, 0.25) is 5.91 Å². The largest absolute Gasteiger partial charge is 0.368 e. The maximum Gasteiger partial charge on any atom is 0.224 e. The van der Waals surface area contributed by atoms with Crippen molar-refractivity contribution in [2.75, 3.05) is 31.1 Å². The number of hydrogen-bond acceptors (Lipinski definition) is 2. The van der Waals surface area contributed by atoms with Gasteiger partial charge in [0.05, 0.1) is 0 Å². The Morgan fingerprint density at radius 1 is 0.958 bits per heavy atom. The highest BCUT2D eigenvalue weighted by Crippen LogP contribution is 2.18. The fourth-order valence-corrected chi connectivity index (χ4v) is 3.46. The predicted octanol–water partition coefficient (Wildman–Crippen LogP) is 3.15. The van der Waals surface area contributed by atoms with Gasteiger partial charge in [-0.15, -0.1) is 0 Å². The third-order valence-electron chi connectivity index (χ3n) is 4.97. The summed E-state index contributed by atoms with van der Waals surface area (Å²) >= 11 is 0. The topological polar surface area (TPSA) is 28.5 Å². The molecule has 0 atom stereocenters. The molecule has 0 aliphatic carbocycles. The first-order valence-electron chi connectivity index (χ1n) is 8.77. The first-order valence-corrected chi connectivity index (χ1v) is 8.77. The number of carbonyl (C=O) groups excluding carboxylic acids is 1. The summed E-state index contributed by atoms with van der Waals surface area (Å²) in [6.45, 7) is 10.5. The normalized spacial score (nSPS) is 15.0. The Kier molecular flexibility index (Phi) is 4.93. The number of piperazine rings is 1. The number of nitrogens with zero attached hydrogens (tertiary/aromatic N) is 3. The van der Waals surface area contributed by atoms with E-state index in [2.05, 4.69) is 66.6 Å². The van der Waals surface area contributed by atoms with Crippen LogP contribution in [0.1, 0.15) is 23.4 Å². The molecule has 1 aromatic heterocycles. The van der Waals surface area contributed by atoms with Gasteiger partial charge in [0.15, 0.2) is 0 Å². The van der Waals surface area contributed by atoms with Crippen molar-refractivity contribution in [1.82, 2.24) is 9.47 Å². The number of amides is 1. The lowest BCUT2D eigenvalue weighted by Crippen LogP contribution is -2.49. The lowest BCUT2D eigenvalue weighted by molar-refractivity contribution is -0.131. The van der Waals surface area contributed by atoms with Gasteiger partial charge in [-0.3, -0.25) is 4.79 Å². The summed E-state index contributed by atoms with van der Waals surface area (Å²) in [5, 5.41) is 0. The molecule has 2 heterocycles. The lowest BCUT2D eigenvalue weighted by atomic mass is 10.2. The highest BCUT2D eigenvalue weighted by molar-refractivity contribution is 5.76. The minimum Gasteiger partial charge on any atom is -0.368 e. The van der Waals surface area contributed by atoms with E-state index in [0.717, 1.165) is 32.7 Å². The Morgan fingerprint density at radius 3 is 2.25 bits per heavy atom. The van der Waals surface area contributed by atoms with Gasteiger partial charge in [-0.2, -0.15) is 0 Å². The Hall–Kier alpha value is -2.23. The number of aryl methyl sites for hydroxylation is 3. The molecule has 0 spiro atoms. The molecule has 3 rings (SSSR count). The number of carbonyl (C=O) groups is 1. The monoisotopic (exact) mass is 325 g/mol. The van der Waals surface area contributed by atoms with Crippen LogP contribution in [0, 0.1) is 20.8 Å². The average molecular weight is 325 g/mol. The van der Waals surface area contributed by atoms with E-state index < -0.39 is 0 Å². The molecule has 0 radical (unpaired) electrons. The zero-order valence-electron chi connectivity index (χ0n) is 15.0. The maximum absolute atomic E-state index is 12.5. The van der Waals surface area contributed by atoms with Crippen LogP contribution in [-0.2, 0) is 11.3 Å². The van der Waals surface area contributed by atoms with Gasteiger partial charge in [0.25, 0.3) is 0 Å². The molecule has 1 aliphatic heterocycles. The van der Waals surface area contributed by atoms with Crippen LogP contribution < -0.4 is 4.90 Å². The highest BCUT2D eigenvalue weighted by Gasteiger charge is 2.21. The lowest BCUT2D eigenvalue weighted by Gasteiger charge is -2.36. The second-order valence-electron chi connectivity index (χ2n) is 6.72. The molecule has 2 aromatic rings. The first-order chi connectivity index (χ1) is 11.5. The van der Waals surface area contributed by atoms with E-state index in [-0.39, 0.29) is 5.91 Å². The molecule has 1 amide bonds. The van der Waals surface area contributed by atoms with Gasteiger partial charge in [0, 0.05) is 56.2 Å². The molecule has 0 saturated carbocycles. The Morgan fingerprint density at radius 2 is 1.62 bits per heavy atom. The van der Waals surface area contributed by atoms with Crippen molar-refractivity contribution in [1.29, 1.82) is 0 Å². The summed E-state index contributed by atoms with van der Waals surface area (Å²) in [4.78, 5) is 16.9. The Bertz CT molecular complexity index is 692. The standard InChI is InChI=1S/C20H27N3O/c1-16-5-4-6-19(15-16)21-11-13-22(14-12-21)20(24)9-10-23-17(2)7-8-18(23)3/h4-8,15H,9-14H2,1-3H3. The van der Waals surface area contributed by atoms with Crippen LogP contribution in [0.4, 0.5) is 5.69 Å². The molecule has 4 nitrogen and oxygen atoms in total. The van der Waals surface area contributed by atoms with Crippen LogP contribution in [0.2, 0.25) is 0 Å². The van der Waals surface area contributed by atoms with E-state index in [1.165, 1.54) is 22.6 Å². The second kappa shape index (κ2) is 7.12. The van der Waals surface area contributed by atoms with Crippen LogP contribution >= 0.6 is 0 Å². The number of benzene rings is 1. The molecular weight excluding hydrogens is 298 g/mol. The smallest absolute Gasteiger partial charge is 0.224 e. The van der Waals surface area contributed by atoms with Crippen LogP contribution in [0.25, 0.3) is 0 Å². The second-order valence-corrected chi connectivity index (χ2v) is 6.72. The fourth-order valence-electron chi connectivity index (χ4n) is 3.46. The summed E-state index contributed by atoms with van der Waals surface area (Å²) in [6, 6.07) is 12.8. The van der Waals surface area contributed by atoms with Crippen molar-refractivity contribution in [3.63, 3.8) is 0 Å². The van der Waals surface area contributed by atoms with E-state index >= 15 is 0 Å². The quantitative estimate of drug-likeness (QED) is 0.864. The van der Waals surface area contributed by atoms with Crippen LogP contribution in [0.5, 0.6) is 0 Å². The van der Waals surface area contributed by atoms with Gasteiger partial charge < -0.3 is 14.4 Å². The zero-order chi connectivity index (χ0) is 17.1. The van der Waals surface area contributed by atoms with E-state index in [1.807, 2.05) is 4.90 Å². The van der Waals surface area contributed by atoms with Crippen molar-refractivity contribution in [2.24, 2.45) is 0 Å². The van der Waals surface area contributed by atoms with Crippen molar-refractivity contribution in [2.45, 2.75) is 33.7 Å². The van der Waals surface area contributed by atoms with Gasteiger partial charge in [-0.25, -0.2) is 0 Å². The third-order valence-corrected chi connectivity index (χ3v) is 4.97. The SMILES string of the molecule is Cc1cccc(N2CCN(C(=O)CCn3c(C)ccc3C)CC2)c1. The van der Waals surface area contributed by atoms with E-state index in [1.54, 1.807) is 0 Å². The molecule has 1 aromatic carbocycles. The number of hydrogen-bond donors (Lipinski definition) is 0. The number of anilines is 1. The summed E-state index contributed by atoms with van der Waals surface area (Å²) in [6.07, 6.45) is 0.584. The highest BCUT2D eigenvalue weighted by atomic mass is 16.2. The molecule has 1 fully saturated rings. The zero-order valence-corrected chi connectivity index (χ0v) is 15.0. The van der Waals surface area contributed by atoms with E-state index in [0.29, 0.717) is 6.42 Å². The van der Waals surface area contributed by atoms with Gasteiger partial charge in [-0.05, 0) is 50.6 Å². The van der Waals surface area contributed by atoms with E-state index in [9.17, 15) is 4.79 Å². The molecule has 4 heteroatoms. The summed E-state index contributed by atoms with van der Waals surface area (Å²) in [5.74, 6) is 0.270. The van der Waals surface area contributed by atoms with Crippen molar-refractivity contribution in [3.8, 4) is 0 Å². The van der Waals surface area contributed by atoms with Crippen LogP contribution in [-0.4, -0.2) is 41.6 Å². The fraction of sp³-hybridized carbons (Fsp3) is 0.450.